The Balaban J connectivity index is 1.94. The third-order valence-corrected chi connectivity index (χ3v) is 3.55. The number of aliphatic hydroxyl groups excluding tert-OH is 1. The van der Waals surface area contributed by atoms with Gasteiger partial charge in [0.15, 0.2) is 0 Å². The average Bonchev–Trinajstić information content (AvgIpc) is 3.05. The average molecular weight is 266 g/mol. The van der Waals surface area contributed by atoms with Gasteiger partial charge in [0.2, 0.25) is 0 Å². The van der Waals surface area contributed by atoms with Crippen LogP contribution < -0.4 is 0 Å². The highest BCUT2D eigenvalue weighted by Gasteiger charge is 2.34. The second-order valence-corrected chi connectivity index (χ2v) is 5.50. The van der Waals surface area contributed by atoms with E-state index in [4.69, 9.17) is 10.2 Å². The van der Waals surface area contributed by atoms with Gasteiger partial charge >= 0.3 is 5.97 Å². The second-order valence-electron chi connectivity index (χ2n) is 5.50. The first-order valence-corrected chi connectivity index (χ1v) is 7.31. The summed E-state index contributed by atoms with van der Waals surface area (Å²) in [5.74, 6) is 0.956. The highest BCUT2D eigenvalue weighted by atomic mass is 16.4. The number of carbonyl (C=O) groups is 1. The van der Waals surface area contributed by atoms with E-state index in [0.29, 0.717) is 0 Å². The molecule has 108 valence electrons. The molecule has 1 fully saturated rings. The van der Waals surface area contributed by atoms with Gasteiger partial charge in [-0.25, -0.2) is 0 Å². The molecule has 0 aromatic carbocycles. The lowest BCUT2D eigenvalue weighted by Crippen LogP contribution is -1.92. The molecule has 0 unspecified atom stereocenters. The molecule has 0 saturated heterocycles. The molecule has 0 aromatic rings. The number of carboxylic acid groups (broad SMARTS) is 1. The molecule has 0 heterocycles. The van der Waals surface area contributed by atoms with Crippen molar-refractivity contribution in [2.75, 3.05) is 0 Å². The van der Waals surface area contributed by atoms with Crippen LogP contribution in [-0.4, -0.2) is 22.3 Å². The van der Waals surface area contributed by atoms with Crippen LogP contribution in [0.5, 0.6) is 0 Å². The van der Waals surface area contributed by atoms with E-state index in [1.54, 1.807) is 6.92 Å². The van der Waals surface area contributed by atoms with E-state index >= 15 is 0 Å². The van der Waals surface area contributed by atoms with Crippen LogP contribution in [0.3, 0.4) is 0 Å². The van der Waals surface area contributed by atoms with Gasteiger partial charge in [-0.1, -0.05) is 24.3 Å². The van der Waals surface area contributed by atoms with Crippen LogP contribution in [-0.2, 0) is 4.79 Å². The fourth-order valence-corrected chi connectivity index (χ4v) is 2.32. The van der Waals surface area contributed by atoms with Gasteiger partial charge < -0.3 is 10.2 Å². The Morgan fingerprint density at radius 2 is 2.00 bits per heavy atom. The second kappa shape index (κ2) is 8.92. The Labute approximate surface area is 116 Å². The van der Waals surface area contributed by atoms with Gasteiger partial charge in [0.1, 0.15) is 0 Å². The standard InChI is InChI=1S/C16H26O3/c1-13(17)8-7-10-15-12-14(15)9-5-3-2-4-6-11-16(18)19/h2-3,7-8,13-15,17H,4-6,9-12H2,1H3,(H,18,19)/b3-2-,8-7+/t13-,14+,15+/m1/s1. The zero-order chi connectivity index (χ0) is 14.1. The molecule has 1 saturated carbocycles. The molecule has 1 rings (SSSR count). The number of hydrogen-bond donors (Lipinski definition) is 2. The van der Waals surface area contributed by atoms with Crippen molar-refractivity contribution >= 4 is 5.97 Å². The highest BCUT2D eigenvalue weighted by molar-refractivity contribution is 5.66. The molecule has 2 N–H and O–H groups in total. The molecule has 0 aromatic heterocycles. The Hall–Kier alpha value is -1.09. The number of aliphatic hydroxyl groups is 1. The van der Waals surface area contributed by atoms with Crippen LogP contribution in [0.2, 0.25) is 0 Å². The van der Waals surface area contributed by atoms with E-state index in [2.05, 4.69) is 18.2 Å². The summed E-state index contributed by atoms with van der Waals surface area (Å²) in [5.41, 5.74) is 0. The number of unbranched alkanes of at least 4 members (excludes halogenated alkanes) is 1. The molecule has 3 atom stereocenters. The lowest BCUT2D eigenvalue weighted by molar-refractivity contribution is -0.137. The van der Waals surface area contributed by atoms with E-state index in [9.17, 15) is 4.79 Å². The van der Waals surface area contributed by atoms with Gasteiger partial charge in [-0.15, -0.1) is 0 Å². The predicted octanol–water partition coefficient (Wildman–Crippen LogP) is 3.54. The molecule has 3 heteroatoms. The Morgan fingerprint density at radius 1 is 1.26 bits per heavy atom. The van der Waals surface area contributed by atoms with Crippen molar-refractivity contribution in [1.29, 1.82) is 0 Å². The fraction of sp³-hybridized carbons (Fsp3) is 0.688. The zero-order valence-corrected chi connectivity index (χ0v) is 11.8. The molecule has 1 aliphatic rings. The zero-order valence-electron chi connectivity index (χ0n) is 11.8. The van der Waals surface area contributed by atoms with Gasteiger partial charge in [0, 0.05) is 6.42 Å². The molecule has 1 aliphatic carbocycles. The summed E-state index contributed by atoms with van der Waals surface area (Å²) in [4.78, 5) is 10.3. The molecule has 0 radical (unpaired) electrons. The summed E-state index contributed by atoms with van der Waals surface area (Å²) in [5, 5.41) is 17.6. The first-order chi connectivity index (χ1) is 9.09. The van der Waals surface area contributed by atoms with Crippen molar-refractivity contribution < 1.29 is 15.0 Å². The Bertz CT molecular complexity index is 318. The lowest BCUT2D eigenvalue weighted by Gasteiger charge is -1.96. The van der Waals surface area contributed by atoms with E-state index in [1.807, 2.05) is 6.08 Å². The van der Waals surface area contributed by atoms with Crippen LogP contribution in [0.15, 0.2) is 24.3 Å². The number of carboxylic acids is 1. The van der Waals surface area contributed by atoms with Gasteiger partial charge in [-0.3, -0.25) is 4.79 Å². The van der Waals surface area contributed by atoms with Gasteiger partial charge in [-0.2, -0.15) is 0 Å². The molecular weight excluding hydrogens is 240 g/mol. The summed E-state index contributed by atoms with van der Waals surface area (Å²) in [6.07, 6.45) is 14.5. The van der Waals surface area contributed by atoms with Crippen molar-refractivity contribution in [3.8, 4) is 0 Å². The SMILES string of the molecule is C[C@@H](O)/C=C/C[C@H]1C[C@@H]1CC/C=C\CCCC(=O)O. The molecule has 0 aliphatic heterocycles. The summed E-state index contributed by atoms with van der Waals surface area (Å²) in [7, 11) is 0. The molecule has 19 heavy (non-hydrogen) atoms. The molecule has 0 spiro atoms. The van der Waals surface area contributed by atoms with Crippen molar-refractivity contribution in [1.82, 2.24) is 0 Å². The summed E-state index contributed by atoms with van der Waals surface area (Å²) >= 11 is 0. The smallest absolute Gasteiger partial charge is 0.303 e. The van der Waals surface area contributed by atoms with Gasteiger partial charge in [0.05, 0.1) is 6.10 Å². The van der Waals surface area contributed by atoms with E-state index < -0.39 is 5.97 Å². The largest absolute Gasteiger partial charge is 0.481 e. The lowest BCUT2D eigenvalue weighted by atomic mass is 10.1. The van der Waals surface area contributed by atoms with Crippen LogP contribution in [0.4, 0.5) is 0 Å². The van der Waals surface area contributed by atoms with Gasteiger partial charge in [0.25, 0.3) is 0 Å². The fourth-order valence-electron chi connectivity index (χ4n) is 2.32. The Morgan fingerprint density at radius 3 is 2.68 bits per heavy atom. The van der Waals surface area contributed by atoms with Crippen molar-refractivity contribution in [3.63, 3.8) is 0 Å². The molecule has 0 amide bonds. The number of rotatable bonds is 10. The monoisotopic (exact) mass is 266 g/mol. The third kappa shape index (κ3) is 8.60. The van der Waals surface area contributed by atoms with Crippen LogP contribution in [0.1, 0.15) is 51.9 Å². The Kier molecular flexibility index (Phi) is 7.49. The van der Waals surface area contributed by atoms with E-state index in [1.165, 1.54) is 12.8 Å². The molecule has 0 bridgehead atoms. The summed E-state index contributed by atoms with van der Waals surface area (Å²) in [6, 6.07) is 0. The number of hydrogen-bond acceptors (Lipinski definition) is 2. The highest BCUT2D eigenvalue weighted by Crippen LogP contribution is 2.44. The number of aliphatic carboxylic acids is 1. The predicted molar refractivity (Wildman–Crippen MR) is 76.9 cm³/mol. The minimum absolute atomic E-state index is 0.269. The minimum atomic E-state index is -0.709. The first kappa shape index (κ1) is 16.0. The topological polar surface area (TPSA) is 57.5 Å². The third-order valence-electron chi connectivity index (χ3n) is 3.55. The maximum Gasteiger partial charge on any atom is 0.303 e. The van der Waals surface area contributed by atoms with Crippen molar-refractivity contribution in [2.45, 2.75) is 58.0 Å². The molecule has 3 nitrogen and oxygen atoms in total. The van der Waals surface area contributed by atoms with Crippen molar-refractivity contribution in [2.24, 2.45) is 11.8 Å². The van der Waals surface area contributed by atoms with E-state index in [-0.39, 0.29) is 12.5 Å². The summed E-state index contributed by atoms with van der Waals surface area (Å²) in [6.45, 7) is 1.77. The summed E-state index contributed by atoms with van der Waals surface area (Å²) < 4.78 is 0. The van der Waals surface area contributed by atoms with Gasteiger partial charge in [-0.05, 0) is 57.3 Å². The van der Waals surface area contributed by atoms with Crippen LogP contribution >= 0.6 is 0 Å². The quantitative estimate of drug-likeness (QED) is 0.469. The normalized spacial score (nSPS) is 24.1. The minimum Gasteiger partial charge on any atom is -0.481 e. The molecular formula is C16H26O3. The van der Waals surface area contributed by atoms with E-state index in [0.717, 1.165) is 37.5 Å². The maximum absolute atomic E-state index is 10.3. The maximum atomic E-state index is 10.3. The van der Waals surface area contributed by atoms with Crippen LogP contribution in [0, 0.1) is 11.8 Å². The first-order valence-electron chi connectivity index (χ1n) is 7.31. The van der Waals surface area contributed by atoms with Crippen LogP contribution in [0.25, 0.3) is 0 Å². The number of allylic oxidation sites excluding steroid dienone is 3. The van der Waals surface area contributed by atoms with Crippen molar-refractivity contribution in [3.05, 3.63) is 24.3 Å².